The summed E-state index contributed by atoms with van der Waals surface area (Å²) >= 11 is 0. The Labute approximate surface area is 120 Å². The van der Waals surface area contributed by atoms with Crippen molar-refractivity contribution in [1.82, 2.24) is 4.90 Å². The van der Waals surface area contributed by atoms with Gasteiger partial charge in [0.25, 0.3) is 0 Å². The molecule has 1 heterocycles. The highest BCUT2D eigenvalue weighted by atomic mass is 15.2. The molecule has 1 atom stereocenters. The van der Waals surface area contributed by atoms with E-state index in [4.69, 9.17) is 5.73 Å². The van der Waals surface area contributed by atoms with Gasteiger partial charge in [-0.3, -0.25) is 4.90 Å². The van der Waals surface area contributed by atoms with Crippen LogP contribution >= 0.6 is 0 Å². The van der Waals surface area contributed by atoms with Gasteiger partial charge in [0.05, 0.1) is 0 Å². The molecular formula is C17H34N2. The predicted molar refractivity (Wildman–Crippen MR) is 83.2 cm³/mol. The summed E-state index contributed by atoms with van der Waals surface area (Å²) in [6.45, 7) is 13.0. The van der Waals surface area contributed by atoms with Crippen molar-refractivity contribution >= 4 is 0 Å². The zero-order chi connectivity index (χ0) is 14.1. The molecule has 2 fully saturated rings. The standard InChI is InChI=1S/C17H34N2/c1-14-6-5-11-19(12-14)17(13-18)9-7-15(8-10-17)16(2,3)4/h14-15H,5-13,18H2,1-4H3. The third-order valence-corrected chi connectivity index (χ3v) is 5.85. The minimum Gasteiger partial charge on any atom is -0.329 e. The Bertz CT molecular complexity index is 284. The minimum atomic E-state index is 0.330. The zero-order valence-corrected chi connectivity index (χ0v) is 13.5. The second kappa shape index (κ2) is 5.73. The molecule has 2 N–H and O–H groups in total. The molecular weight excluding hydrogens is 232 g/mol. The van der Waals surface area contributed by atoms with E-state index in [0.29, 0.717) is 11.0 Å². The molecule has 0 aromatic carbocycles. The van der Waals surface area contributed by atoms with Crippen LogP contribution < -0.4 is 5.73 Å². The van der Waals surface area contributed by atoms with E-state index >= 15 is 0 Å². The lowest BCUT2D eigenvalue weighted by molar-refractivity contribution is -0.00231. The largest absolute Gasteiger partial charge is 0.329 e. The monoisotopic (exact) mass is 266 g/mol. The van der Waals surface area contributed by atoms with Crippen LogP contribution in [0.2, 0.25) is 0 Å². The molecule has 0 bridgehead atoms. The fraction of sp³-hybridized carbons (Fsp3) is 1.00. The normalized spacial score (nSPS) is 38.4. The lowest BCUT2D eigenvalue weighted by Crippen LogP contribution is -2.58. The van der Waals surface area contributed by atoms with E-state index in [1.165, 1.54) is 51.6 Å². The quantitative estimate of drug-likeness (QED) is 0.826. The van der Waals surface area contributed by atoms with Crippen molar-refractivity contribution in [1.29, 1.82) is 0 Å². The summed E-state index contributed by atoms with van der Waals surface area (Å²) in [6, 6.07) is 0. The first-order valence-corrected chi connectivity index (χ1v) is 8.32. The van der Waals surface area contributed by atoms with Crippen LogP contribution in [0.1, 0.15) is 66.2 Å². The molecule has 19 heavy (non-hydrogen) atoms. The Kier molecular flexibility index (Phi) is 4.62. The first-order valence-electron chi connectivity index (χ1n) is 8.32. The average molecular weight is 266 g/mol. The molecule has 2 rings (SSSR count). The Morgan fingerprint density at radius 1 is 1.16 bits per heavy atom. The van der Waals surface area contributed by atoms with Crippen molar-refractivity contribution in [2.24, 2.45) is 23.0 Å². The molecule has 112 valence electrons. The Balaban J connectivity index is 2.01. The summed E-state index contributed by atoms with van der Waals surface area (Å²) < 4.78 is 0. The molecule has 2 aliphatic rings. The molecule has 0 radical (unpaired) electrons. The average Bonchev–Trinajstić information content (AvgIpc) is 2.38. The molecule has 0 aromatic rings. The third kappa shape index (κ3) is 3.33. The van der Waals surface area contributed by atoms with E-state index in [2.05, 4.69) is 32.6 Å². The van der Waals surface area contributed by atoms with Crippen LogP contribution in [-0.2, 0) is 0 Å². The van der Waals surface area contributed by atoms with E-state index in [0.717, 1.165) is 18.4 Å². The summed E-state index contributed by atoms with van der Waals surface area (Å²) in [5.74, 6) is 1.74. The van der Waals surface area contributed by atoms with Crippen molar-refractivity contribution in [3.05, 3.63) is 0 Å². The Hall–Kier alpha value is -0.0800. The van der Waals surface area contributed by atoms with Gasteiger partial charge in [0.15, 0.2) is 0 Å². The van der Waals surface area contributed by atoms with Crippen LogP contribution in [0.5, 0.6) is 0 Å². The molecule has 1 unspecified atom stereocenters. The summed E-state index contributed by atoms with van der Waals surface area (Å²) in [5.41, 5.74) is 7.03. The third-order valence-electron chi connectivity index (χ3n) is 5.85. The predicted octanol–water partition coefficient (Wildman–Crippen LogP) is 3.65. The highest BCUT2D eigenvalue weighted by Crippen LogP contribution is 2.44. The number of likely N-dealkylation sites (tertiary alicyclic amines) is 1. The van der Waals surface area contributed by atoms with Crippen LogP contribution in [0.3, 0.4) is 0 Å². The smallest absolute Gasteiger partial charge is 0.0332 e. The topological polar surface area (TPSA) is 29.3 Å². The summed E-state index contributed by atoms with van der Waals surface area (Å²) in [4.78, 5) is 2.75. The van der Waals surface area contributed by atoms with Gasteiger partial charge in [-0.15, -0.1) is 0 Å². The van der Waals surface area contributed by atoms with E-state index in [1.54, 1.807) is 0 Å². The lowest BCUT2D eigenvalue weighted by atomic mass is 9.66. The van der Waals surface area contributed by atoms with Crippen LogP contribution in [0.15, 0.2) is 0 Å². The van der Waals surface area contributed by atoms with Crippen LogP contribution in [0, 0.1) is 17.3 Å². The Morgan fingerprint density at radius 2 is 1.79 bits per heavy atom. The minimum absolute atomic E-state index is 0.330. The molecule has 1 saturated heterocycles. The molecule has 0 amide bonds. The van der Waals surface area contributed by atoms with Crippen molar-refractivity contribution in [3.63, 3.8) is 0 Å². The van der Waals surface area contributed by atoms with Gasteiger partial charge in [0.2, 0.25) is 0 Å². The van der Waals surface area contributed by atoms with Crippen LogP contribution in [0.25, 0.3) is 0 Å². The fourth-order valence-electron chi connectivity index (χ4n) is 4.29. The zero-order valence-electron chi connectivity index (χ0n) is 13.5. The molecule has 1 aliphatic carbocycles. The highest BCUT2D eigenvalue weighted by Gasteiger charge is 2.42. The number of nitrogens with zero attached hydrogens (tertiary/aromatic N) is 1. The Morgan fingerprint density at radius 3 is 2.26 bits per heavy atom. The molecule has 1 saturated carbocycles. The first-order chi connectivity index (χ1) is 8.87. The maximum Gasteiger partial charge on any atom is 0.0332 e. The van der Waals surface area contributed by atoms with Crippen LogP contribution in [0.4, 0.5) is 0 Å². The van der Waals surface area contributed by atoms with E-state index in [9.17, 15) is 0 Å². The number of hydrogen-bond acceptors (Lipinski definition) is 2. The van der Waals surface area contributed by atoms with Crippen molar-refractivity contribution in [2.75, 3.05) is 19.6 Å². The van der Waals surface area contributed by atoms with Crippen molar-refractivity contribution < 1.29 is 0 Å². The highest BCUT2D eigenvalue weighted by molar-refractivity contribution is 4.98. The maximum absolute atomic E-state index is 6.23. The van der Waals surface area contributed by atoms with Gasteiger partial charge in [-0.05, 0) is 62.3 Å². The van der Waals surface area contributed by atoms with Gasteiger partial charge < -0.3 is 5.73 Å². The van der Waals surface area contributed by atoms with Gasteiger partial charge in [-0.1, -0.05) is 27.7 Å². The van der Waals surface area contributed by atoms with Crippen molar-refractivity contribution in [2.45, 2.75) is 71.8 Å². The molecule has 0 spiro atoms. The maximum atomic E-state index is 6.23. The van der Waals surface area contributed by atoms with Gasteiger partial charge in [-0.25, -0.2) is 0 Å². The molecule has 2 nitrogen and oxygen atoms in total. The van der Waals surface area contributed by atoms with Gasteiger partial charge in [-0.2, -0.15) is 0 Å². The first kappa shape index (κ1) is 15.3. The van der Waals surface area contributed by atoms with E-state index in [1.807, 2.05) is 0 Å². The SMILES string of the molecule is CC1CCCN(C2(CN)CCC(C(C)(C)C)CC2)C1. The van der Waals surface area contributed by atoms with Gasteiger partial charge in [0.1, 0.15) is 0 Å². The molecule has 0 aromatic heterocycles. The van der Waals surface area contributed by atoms with Gasteiger partial charge >= 0.3 is 0 Å². The fourth-order valence-corrected chi connectivity index (χ4v) is 4.29. The number of rotatable bonds is 2. The van der Waals surface area contributed by atoms with E-state index < -0.39 is 0 Å². The van der Waals surface area contributed by atoms with Crippen LogP contribution in [-0.4, -0.2) is 30.1 Å². The summed E-state index contributed by atoms with van der Waals surface area (Å²) in [6.07, 6.45) is 8.14. The lowest BCUT2D eigenvalue weighted by Gasteiger charge is -2.51. The number of nitrogens with two attached hydrogens (primary N) is 1. The summed E-state index contributed by atoms with van der Waals surface area (Å²) in [7, 11) is 0. The van der Waals surface area contributed by atoms with E-state index in [-0.39, 0.29) is 0 Å². The number of piperidine rings is 1. The molecule has 1 aliphatic heterocycles. The second-order valence-corrected chi connectivity index (χ2v) is 8.26. The summed E-state index contributed by atoms with van der Waals surface area (Å²) in [5, 5.41) is 0. The van der Waals surface area contributed by atoms with Crippen molar-refractivity contribution in [3.8, 4) is 0 Å². The second-order valence-electron chi connectivity index (χ2n) is 8.26. The number of hydrogen-bond donors (Lipinski definition) is 1. The molecule has 2 heteroatoms. The van der Waals surface area contributed by atoms with Gasteiger partial charge in [0, 0.05) is 18.6 Å².